The molecule has 1 aromatic carbocycles. The van der Waals surface area contributed by atoms with Crippen LogP contribution in [0.3, 0.4) is 0 Å². The smallest absolute Gasteiger partial charge is 0.748 e. The van der Waals surface area contributed by atoms with Crippen molar-refractivity contribution in [1.29, 1.82) is 0 Å². The molecular formula is C9H6ClN2NaO4S. The first-order chi connectivity index (χ1) is 7.94. The molecule has 0 radical (unpaired) electrons. The fourth-order valence-corrected chi connectivity index (χ4v) is 1.74. The van der Waals surface area contributed by atoms with Gasteiger partial charge in [-0.3, -0.25) is 0 Å². The van der Waals surface area contributed by atoms with Crippen LogP contribution < -0.4 is 29.6 Å². The summed E-state index contributed by atoms with van der Waals surface area (Å²) >= 11 is 5.70. The molecule has 0 bridgehead atoms. The zero-order valence-corrected chi connectivity index (χ0v) is 12.9. The van der Waals surface area contributed by atoms with Gasteiger partial charge in [0.2, 0.25) is 0 Å². The number of nitrogens with zero attached hydrogens (tertiary/aromatic N) is 2. The summed E-state index contributed by atoms with van der Waals surface area (Å²) in [6, 6.07) is 6.55. The van der Waals surface area contributed by atoms with E-state index in [9.17, 15) is 13.0 Å². The summed E-state index contributed by atoms with van der Waals surface area (Å²) in [6.45, 7) is 0. The zero-order valence-electron chi connectivity index (χ0n) is 9.33. The second-order valence-corrected chi connectivity index (χ2v) is 5.07. The van der Waals surface area contributed by atoms with E-state index >= 15 is 0 Å². The molecule has 90 valence electrons. The summed E-state index contributed by atoms with van der Waals surface area (Å²) in [5, 5.41) is 3.95. The van der Waals surface area contributed by atoms with Crippen molar-refractivity contribution in [2.45, 2.75) is 5.75 Å². The van der Waals surface area contributed by atoms with E-state index in [2.05, 4.69) is 10.1 Å². The van der Waals surface area contributed by atoms with Crippen molar-refractivity contribution in [3.63, 3.8) is 0 Å². The van der Waals surface area contributed by atoms with Crippen LogP contribution in [-0.2, 0) is 15.9 Å². The minimum atomic E-state index is -4.41. The van der Waals surface area contributed by atoms with Gasteiger partial charge in [0.05, 0.1) is 0 Å². The number of benzene rings is 1. The minimum absolute atomic E-state index is 0. The molecule has 2 rings (SSSR count). The number of aromatic nitrogens is 2. The molecule has 0 aliphatic heterocycles. The Bertz CT molecular complexity index is 626. The molecule has 0 N–H and O–H groups in total. The molecule has 0 spiro atoms. The third kappa shape index (κ3) is 4.34. The van der Waals surface area contributed by atoms with Crippen LogP contribution in [0.25, 0.3) is 11.5 Å². The third-order valence-corrected chi connectivity index (χ3v) is 2.73. The predicted molar refractivity (Wildman–Crippen MR) is 58.1 cm³/mol. The normalized spacial score (nSPS) is 11.0. The predicted octanol–water partition coefficient (Wildman–Crippen LogP) is -1.56. The Labute approximate surface area is 130 Å². The van der Waals surface area contributed by atoms with Crippen LogP contribution >= 0.6 is 11.6 Å². The largest absolute Gasteiger partial charge is 1.00 e. The van der Waals surface area contributed by atoms with Gasteiger partial charge in [-0.2, -0.15) is 4.98 Å². The van der Waals surface area contributed by atoms with E-state index < -0.39 is 15.9 Å². The number of halogens is 1. The van der Waals surface area contributed by atoms with Crippen molar-refractivity contribution >= 4 is 21.7 Å². The van der Waals surface area contributed by atoms with Crippen LogP contribution in [0.4, 0.5) is 0 Å². The molecule has 18 heavy (non-hydrogen) atoms. The molecular weight excluding hydrogens is 291 g/mol. The Morgan fingerprint density at radius 2 is 1.89 bits per heavy atom. The zero-order chi connectivity index (χ0) is 12.5. The number of hydrogen-bond acceptors (Lipinski definition) is 6. The molecule has 6 nitrogen and oxygen atoms in total. The minimum Gasteiger partial charge on any atom is -0.748 e. The summed E-state index contributed by atoms with van der Waals surface area (Å²) < 4.78 is 36.3. The molecule has 2 aromatic rings. The van der Waals surface area contributed by atoms with Crippen molar-refractivity contribution < 1.29 is 47.1 Å². The van der Waals surface area contributed by atoms with Gasteiger partial charge in [-0.15, -0.1) is 0 Å². The standard InChI is InChI=1S/C9H7ClN2O4S.Na/c10-7-3-1-6(2-4-7)9-11-8(12-16-9)5-17(13,14)15;/h1-4H,5H2,(H,13,14,15);/q;+1/p-1. The second-order valence-electron chi connectivity index (χ2n) is 3.22. The molecule has 1 aromatic heterocycles. The summed E-state index contributed by atoms with van der Waals surface area (Å²) in [5.74, 6) is -0.811. The average molecular weight is 297 g/mol. The molecule has 0 atom stereocenters. The maximum atomic E-state index is 10.5. The summed E-state index contributed by atoms with van der Waals surface area (Å²) in [7, 11) is -4.41. The average Bonchev–Trinajstić information content (AvgIpc) is 2.64. The van der Waals surface area contributed by atoms with Crippen LogP contribution in [0.2, 0.25) is 5.02 Å². The summed E-state index contributed by atoms with van der Waals surface area (Å²) in [4.78, 5) is 3.80. The second kappa shape index (κ2) is 6.14. The molecule has 0 unspecified atom stereocenters. The summed E-state index contributed by atoms with van der Waals surface area (Å²) in [6.07, 6.45) is 0. The van der Waals surface area contributed by atoms with E-state index in [4.69, 9.17) is 16.1 Å². The van der Waals surface area contributed by atoms with Gasteiger partial charge >= 0.3 is 29.6 Å². The molecule has 0 fully saturated rings. The van der Waals surface area contributed by atoms with Gasteiger partial charge in [-0.1, -0.05) is 16.8 Å². The molecule has 0 amide bonds. The van der Waals surface area contributed by atoms with Crippen molar-refractivity contribution in [3.05, 3.63) is 35.1 Å². The fourth-order valence-electron chi connectivity index (χ4n) is 1.18. The molecule has 0 saturated carbocycles. The monoisotopic (exact) mass is 296 g/mol. The van der Waals surface area contributed by atoms with Gasteiger partial charge in [0.25, 0.3) is 5.89 Å². The Kier molecular flexibility index (Phi) is 5.32. The Hall–Kier alpha value is -0.440. The van der Waals surface area contributed by atoms with Crippen LogP contribution in [0.5, 0.6) is 0 Å². The Morgan fingerprint density at radius 1 is 1.28 bits per heavy atom. The molecule has 0 saturated heterocycles. The van der Waals surface area contributed by atoms with Crippen LogP contribution in [0, 0.1) is 0 Å². The van der Waals surface area contributed by atoms with Crippen molar-refractivity contribution in [3.8, 4) is 11.5 Å². The first kappa shape index (κ1) is 15.6. The van der Waals surface area contributed by atoms with Crippen LogP contribution in [0.15, 0.2) is 28.8 Å². The first-order valence-corrected chi connectivity index (χ1v) is 6.42. The van der Waals surface area contributed by atoms with E-state index in [1.807, 2.05) is 0 Å². The van der Waals surface area contributed by atoms with Gasteiger partial charge in [-0.05, 0) is 24.3 Å². The van der Waals surface area contributed by atoms with E-state index in [-0.39, 0.29) is 41.3 Å². The van der Waals surface area contributed by atoms with E-state index in [0.29, 0.717) is 10.6 Å². The van der Waals surface area contributed by atoms with Gasteiger partial charge in [0, 0.05) is 10.6 Å². The van der Waals surface area contributed by atoms with E-state index in [0.717, 1.165) is 0 Å². The molecule has 0 aliphatic rings. The quantitative estimate of drug-likeness (QED) is 0.502. The number of rotatable bonds is 3. The van der Waals surface area contributed by atoms with Crippen LogP contribution in [-0.4, -0.2) is 23.1 Å². The van der Waals surface area contributed by atoms with Gasteiger partial charge in [0.1, 0.15) is 15.9 Å². The molecule has 0 aliphatic carbocycles. The van der Waals surface area contributed by atoms with Crippen LogP contribution in [0.1, 0.15) is 5.82 Å². The van der Waals surface area contributed by atoms with Crippen molar-refractivity contribution in [2.75, 3.05) is 0 Å². The maximum absolute atomic E-state index is 10.5. The van der Waals surface area contributed by atoms with Crippen molar-refractivity contribution in [2.24, 2.45) is 0 Å². The van der Waals surface area contributed by atoms with E-state index in [1.54, 1.807) is 24.3 Å². The SMILES string of the molecule is O=S(=O)([O-])Cc1noc(-c2ccc(Cl)cc2)n1.[Na+]. The Morgan fingerprint density at radius 3 is 2.44 bits per heavy atom. The summed E-state index contributed by atoms with van der Waals surface area (Å²) in [5.41, 5.74) is 0.594. The van der Waals surface area contributed by atoms with E-state index in [1.165, 1.54) is 0 Å². The third-order valence-electron chi connectivity index (χ3n) is 1.87. The molecule has 9 heteroatoms. The fraction of sp³-hybridized carbons (Fsp3) is 0.111. The van der Waals surface area contributed by atoms with Gasteiger partial charge < -0.3 is 9.08 Å². The van der Waals surface area contributed by atoms with Gasteiger partial charge in [-0.25, -0.2) is 8.42 Å². The van der Waals surface area contributed by atoms with Gasteiger partial charge in [0.15, 0.2) is 5.82 Å². The van der Waals surface area contributed by atoms with Crippen molar-refractivity contribution in [1.82, 2.24) is 10.1 Å². The number of hydrogen-bond donors (Lipinski definition) is 0. The topological polar surface area (TPSA) is 96.1 Å². The Balaban J connectivity index is 0.00000162. The molecule has 1 heterocycles. The maximum Gasteiger partial charge on any atom is 1.00 e. The first-order valence-electron chi connectivity index (χ1n) is 4.46.